The van der Waals surface area contributed by atoms with Crippen molar-refractivity contribution in [1.82, 2.24) is 5.32 Å². The maximum atomic E-state index is 12.0. The molecule has 134 valence electrons. The summed E-state index contributed by atoms with van der Waals surface area (Å²) < 4.78 is 11.5. The van der Waals surface area contributed by atoms with Crippen LogP contribution in [0.15, 0.2) is 18.2 Å². The van der Waals surface area contributed by atoms with Crippen molar-refractivity contribution in [2.24, 2.45) is 0 Å². The Morgan fingerprint density at radius 2 is 1.92 bits per heavy atom. The van der Waals surface area contributed by atoms with Gasteiger partial charge in [-0.1, -0.05) is 12.5 Å². The fourth-order valence-corrected chi connectivity index (χ4v) is 5.57. The highest BCUT2D eigenvalue weighted by Gasteiger charge is 2.64. The van der Waals surface area contributed by atoms with Crippen molar-refractivity contribution in [1.29, 1.82) is 0 Å². The third-order valence-corrected chi connectivity index (χ3v) is 6.33. The number of esters is 2. The Morgan fingerprint density at radius 3 is 2.68 bits per heavy atom. The molecule has 1 N–H and O–H groups in total. The molecule has 2 bridgehead atoms. The summed E-state index contributed by atoms with van der Waals surface area (Å²) in [6.45, 7) is 3.85. The molecule has 1 saturated carbocycles. The molecule has 2 fully saturated rings. The molecule has 0 amide bonds. The molecule has 1 unspecified atom stereocenters. The van der Waals surface area contributed by atoms with E-state index in [0.29, 0.717) is 5.75 Å². The molecule has 3 atom stereocenters. The Balaban J connectivity index is 1.88. The summed E-state index contributed by atoms with van der Waals surface area (Å²) in [5, 5.41) is 3.62. The van der Waals surface area contributed by atoms with E-state index < -0.39 is 5.60 Å². The van der Waals surface area contributed by atoms with Gasteiger partial charge in [-0.2, -0.15) is 0 Å². The number of hydrogen-bond donors (Lipinski definition) is 1. The van der Waals surface area contributed by atoms with Crippen molar-refractivity contribution in [3.05, 3.63) is 29.3 Å². The Bertz CT molecular complexity index is 726. The second kappa shape index (κ2) is 5.84. The van der Waals surface area contributed by atoms with Crippen molar-refractivity contribution in [2.45, 2.75) is 69.4 Å². The van der Waals surface area contributed by atoms with E-state index in [0.717, 1.165) is 45.1 Å². The number of carbonyl (C=O) groups is 2. The molecule has 0 radical (unpaired) electrons. The number of carbonyl (C=O) groups excluding carboxylic acids is 2. The fourth-order valence-electron chi connectivity index (χ4n) is 5.57. The van der Waals surface area contributed by atoms with Gasteiger partial charge in [0.2, 0.25) is 0 Å². The summed E-state index contributed by atoms with van der Waals surface area (Å²) in [6.07, 6.45) is 5.88. The zero-order valence-corrected chi connectivity index (χ0v) is 14.9. The molecule has 0 aromatic heterocycles. The highest BCUT2D eigenvalue weighted by atomic mass is 16.6. The van der Waals surface area contributed by atoms with Gasteiger partial charge in [-0.15, -0.1) is 0 Å². The second-order valence-electron chi connectivity index (χ2n) is 7.65. The van der Waals surface area contributed by atoms with E-state index in [1.807, 2.05) is 12.1 Å². The lowest BCUT2D eigenvalue weighted by Crippen LogP contribution is -2.73. The number of rotatable bonds is 2. The van der Waals surface area contributed by atoms with Gasteiger partial charge in [-0.05, 0) is 61.9 Å². The van der Waals surface area contributed by atoms with Crippen molar-refractivity contribution in [3.8, 4) is 5.75 Å². The summed E-state index contributed by atoms with van der Waals surface area (Å²) in [4.78, 5) is 23.4. The number of nitrogens with one attached hydrogen (secondary N) is 1. The third kappa shape index (κ3) is 2.40. The van der Waals surface area contributed by atoms with Crippen LogP contribution in [0.2, 0.25) is 0 Å². The van der Waals surface area contributed by atoms with Crippen LogP contribution in [0.25, 0.3) is 0 Å². The number of benzene rings is 1. The largest absolute Gasteiger partial charge is 0.457 e. The lowest BCUT2D eigenvalue weighted by Gasteiger charge is -2.62. The van der Waals surface area contributed by atoms with Gasteiger partial charge in [0.05, 0.1) is 6.04 Å². The first-order valence-electron chi connectivity index (χ1n) is 9.22. The normalized spacial score (nSPS) is 33.0. The number of fused-ring (bicyclic) bond motifs is 1. The Labute approximate surface area is 148 Å². The van der Waals surface area contributed by atoms with Gasteiger partial charge in [0, 0.05) is 19.3 Å². The van der Waals surface area contributed by atoms with E-state index >= 15 is 0 Å². The highest BCUT2D eigenvalue weighted by molar-refractivity contribution is 5.70. The molecule has 0 spiro atoms. The van der Waals surface area contributed by atoms with Crippen LogP contribution in [0.5, 0.6) is 5.75 Å². The minimum absolute atomic E-state index is 0.150. The van der Waals surface area contributed by atoms with Crippen molar-refractivity contribution in [2.75, 3.05) is 6.54 Å². The van der Waals surface area contributed by atoms with E-state index in [1.54, 1.807) is 0 Å². The van der Waals surface area contributed by atoms with Crippen molar-refractivity contribution >= 4 is 11.9 Å². The van der Waals surface area contributed by atoms with Gasteiger partial charge in [0.1, 0.15) is 11.4 Å². The maximum absolute atomic E-state index is 12.0. The first-order valence-corrected chi connectivity index (χ1v) is 9.22. The average Bonchev–Trinajstić information content (AvgIpc) is 2.54. The van der Waals surface area contributed by atoms with Gasteiger partial charge >= 0.3 is 11.9 Å². The first-order chi connectivity index (χ1) is 12.0. The molecule has 5 nitrogen and oxygen atoms in total. The van der Waals surface area contributed by atoms with E-state index in [2.05, 4.69) is 11.4 Å². The number of ether oxygens (including phenoxy) is 2. The lowest BCUT2D eigenvalue weighted by molar-refractivity contribution is -0.188. The van der Waals surface area contributed by atoms with E-state index in [1.165, 1.54) is 25.0 Å². The van der Waals surface area contributed by atoms with Crippen LogP contribution in [-0.2, 0) is 26.2 Å². The molecule has 1 saturated heterocycles. The minimum atomic E-state index is -0.489. The topological polar surface area (TPSA) is 64.6 Å². The molecule has 3 aliphatic rings. The molecular weight excluding hydrogens is 318 g/mol. The smallest absolute Gasteiger partial charge is 0.308 e. The SMILES string of the molecule is CC(=O)Oc1ccc2c(c1)[C@@]13CCCCC1(OC(C)=O)[C@@H](C2)NCC3. The van der Waals surface area contributed by atoms with Gasteiger partial charge in [-0.25, -0.2) is 0 Å². The molecule has 5 heteroatoms. The Morgan fingerprint density at radius 1 is 1.12 bits per heavy atom. The van der Waals surface area contributed by atoms with Crippen molar-refractivity contribution < 1.29 is 19.1 Å². The van der Waals surface area contributed by atoms with Crippen LogP contribution in [-0.4, -0.2) is 30.1 Å². The Hall–Kier alpha value is -1.88. The van der Waals surface area contributed by atoms with E-state index in [-0.39, 0.29) is 23.4 Å². The number of hydrogen-bond acceptors (Lipinski definition) is 5. The highest BCUT2D eigenvalue weighted by Crippen LogP contribution is 2.58. The molecule has 4 rings (SSSR count). The van der Waals surface area contributed by atoms with Crippen LogP contribution >= 0.6 is 0 Å². The minimum Gasteiger partial charge on any atom is -0.457 e. The monoisotopic (exact) mass is 343 g/mol. The van der Waals surface area contributed by atoms with Gasteiger partial charge in [0.15, 0.2) is 0 Å². The average molecular weight is 343 g/mol. The molecule has 1 aromatic carbocycles. The predicted molar refractivity (Wildman–Crippen MR) is 92.5 cm³/mol. The van der Waals surface area contributed by atoms with Crippen LogP contribution in [0.4, 0.5) is 0 Å². The lowest BCUT2D eigenvalue weighted by atomic mass is 9.50. The molecular formula is C20H25NO4. The van der Waals surface area contributed by atoms with Crippen LogP contribution in [0.3, 0.4) is 0 Å². The molecule has 1 heterocycles. The number of piperidine rings is 1. The zero-order chi connectivity index (χ0) is 17.7. The van der Waals surface area contributed by atoms with E-state index in [9.17, 15) is 9.59 Å². The Kier molecular flexibility index (Phi) is 3.87. The summed E-state index contributed by atoms with van der Waals surface area (Å²) >= 11 is 0. The second-order valence-corrected chi connectivity index (χ2v) is 7.65. The van der Waals surface area contributed by atoms with Crippen LogP contribution in [0, 0.1) is 0 Å². The van der Waals surface area contributed by atoms with Crippen molar-refractivity contribution in [3.63, 3.8) is 0 Å². The van der Waals surface area contributed by atoms with Crippen LogP contribution in [0.1, 0.15) is 57.1 Å². The quantitative estimate of drug-likeness (QED) is 0.661. The third-order valence-electron chi connectivity index (χ3n) is 6.33. The summed E-state index contributed by atoms with van der Waals surface area (Å²) in [5.41, 5.74) is 1.82. The standard InChI is InChI=1S/C20H25NO4/c1-13(22)24-16-6-5-15-11-18-20(25-14(2)23)8-4-3-7-19(20,9-10-21-18)17(15)12-16/h5-6,12,18,21H,3-4,7-11H2,1-2H3/t18-,19+,20?/m1/s1. The summed E-state index contributed by atoms with van der Waals surface area (Å²) in [5.74, 6) is 0.0609. The maximum Gasteiger partial charge on any atom is 0.308 e. The molecule has 1 aliphatic heterocycles. The molecule has 25 heavy (non-hydrogen) atoms. The summed E-state index contributed by atoms with van der Waals surface area (Å²) in [6, 6.07) is 6.11. The molecule has 2 aliphatic carbocycles. The van der Waals surface area contributed by atoms with Gasteiger partial charge in [-0.3, -0.25) is 9.59 Å². The fraction of sp³-hybridized carbons (Fsp3) is 0.600. The summed E-state index contributed by atoms with van der Waals surface area (Å²) in [7, 11) is 0. The molecule has 1 aromatic rings. The van der Waals surface area contributed by atoms with Gasteiger partial charge < -0.3 is 14.8 Å². The zero-order valence-electron chi connectivity index (χ0n) is 14.9. The predicted octanol–water partition coefficient (Wildman–Crippen LogP) is 2.64. The first kappa shape index (κ1) is 16.6. The van der Waals surface area contributed by atoms with Gasteiger partial charge in [0.25, 0.3) is 0 Å². The van der Waals surface area contributed by atoms with Crippen LogP contribution < -0.4 is 10.1 Å². The van der Waals surface area contributed by atoms with E-state index in [4.69, 9.17) is 9.47 Å².